The molecule has 2 aromatic carbocycles. The molecule has 35 heavy (non-hydrogen) atoms. The number of methoxy groups -OCH3 is 2. The lowest BCUT2D eigenvalue weighted by Crippen LogP contribution is -2.42. The van der Waals surface area contributed by atoms with E-state index < -0.39 is 15.4 Å². The van der Waals surface area contributed by atoms with E-state index in [1.54, 1.807) is 6.07 Å². The number of rotatable bonds is 7. The van der Waals surface area contributed by atoms with Crippen molar-refractivity contribution >= 4 is 33.1 Å². The zero-order chi connectivity index (χ0) is 25.1. The van der Waals surface area contributed by atoms with Gasteiger partial charge in [-0.3, -0.25) is 4.72 Å². The Morgan fingerprint density at radius 2 is 1.80 bits per heavy atom. The predicted octanol–water partition coefficient (Wildman–Crippen LogP) is 4.61. The second-order valence-corrected chi connectivity index (χ2v) is 10.3. The second kappa shape index (κ2) is 10.0. The third-order valence-electron chi connectivity index (χ3n) is 6.19. The molecule has 0 amide bonds. The van der Waals surface area contributed by atoms with E-state index in [1.807, 2.05) is 35.2 Å². The molecule has 0 unspecified atom stereocenters. The van der Waals surface area contributed by atoms with Crippen molar-refractivity contribution in [1.29, 1.82) is 5.26 Å². The maximum absolute atomic E-state index is 13.0. The summed E-state index contributed by atoms with van der Waals surface area (Å²) in [4.78, 5) is 6.41. The summed E-state index contributed by atoms with van der Waals surface area (Å²) in [7, 11) is -1.09. The lowest BCUT2D eigenvalue weighted by Gasteiger charge is -2.38. The molecule has 0 radical (unpaired) electrons. The molecule has 3 aromatic rings. The van der Waals surface area contributed by atoms with Gasteiger partial charge in [0.05, 0.1) is 42.6 Å². The molecule has 1 aliphatic heterocycles. The van der Waals surface area contributed by atoms with E-state index >= 15 is 0 Å². The largest absolute Gasteiger partial charge is 0.497 e. The SMILES string of the molecule is COc1ccc(S(=O)(=O)Nc2cnc(N3CCC(C#N)(c4ccccc4)CC3)c(Cl)c2)c(OC)c1. The topological polar surface area (TPSA) is 105 Å². The number of nitrogens with zero attached hydrogens (tertiary/aromatic N) is 3. The fourth-order valence-corrected chi connectivity index (χ4v) is 5.72. The van der Waals surface area contributed by atoms with Crippen molar-refractivity contribution in [3.63, 3.8) is 0 Å². The van der Waals surface area contributed by atoms with Gasteiger partial charge in [-0.1, -0.05) is 41.9 Å². The molecule has 1 fully saturated rings. The van der Waals surface area contributed by atoms with Crippen LogP contribution in [0.4, 0.5) is 11.5 Å². The van der Waals surface area contributed by atoms with E-state index in [0.29, 0.717) is 42.5 Å². The van der Waals surface area contributed by atoms with Gasteiger partial charge in [-0.2, -0.15) is 5.26 Å². The van der Waals surface area contributed by atoms with Gasteiger partial charge in [0.1, 0.15) is 22.2 Å². The first-order valence-corrected chi connectivity index (χ1v) is 12.8. The van der Waals surface area contributed by atoms with Crippen molar-refractivity contribution in [2.45, 2.75) is 23.2 Å². The van der Waals surface area contributed by atoms with Crippen LogP contribution in [0.3, 0.4) is 0 Å². The molecule has 0 spiro atoms. The molecule has 1 aliphatic rings. The molecule has 0 saturated carbocycles. The van der Waals surface area contributed by atoms with Crippen molar-refractivity contribution in [3.05, 3.63) is 71.4 Å². The Morgan fingerprint density at radius 1 is 1.09 bits per heavy atom. The number of hydrogen-bond acceptors (Lipinski definition) is 7. The van der Waals surface area contributed by atoms with Crippen molar-refractivity contribution in [1.82, 2.24) is 4.98 Å². The standard InChI is InChI=1S/C25H25ClN4O4S/c1-33-20-8-9-23(22(15-20)34-2)35(31,32)29-19-14-21(26)24(28-16-19)30-12-10-25(17-27,11-13-30)18-6-4-3-5-7-18/h3-9,14-16,29H,10-13H2,1-2H3. The predicted molar refractivity (Wildman–Crippen MR) is 135 cm³/mol. The van der Waals surface area contributed by atoms with Crippen LogP contribution in [0.5, 0.6) is 11.5 Å². The number of hydrogen-bond donors (Lipinski definition) is 1. The van der Waals surface area contributed by atoms with Crippen LogP contribution in [0.15, 0.2) is 65.7 Å². The summed E-state index contributed by atoms with van der Waals surface area (Å²) in [5.41, 5.74) is 0.696. The van der Waals surface area contributed by atoms with Crippen LogP contribution in [0.25, 0.3) is 0 Å². The number of ether oxygens (including phenoxy) is 2. The number of sulfonamides is 1. The van der Waals surface area contributed by atoms with Crippen molar-refractivity contribution in [2.24, 2.45) is 0 Å². The van der Waals surface area contributed by atoms with Crippen molar-refractivity contribution < 1.29 is 17.9 Å². The van der Waals surface area contributed by atoms with Gasteiger partial charge in [0.15, 0.2) is 0 Å². The van der Waals surface area contributed by atoms with Crippen molar-refractivity contribution in [3.8, 4) is 17.6 Å². The molecular weight excluding hydrogens is 488 g/mol. The Bertz CT molecular complexity index is 1350. The number of benzene rings is 2. The van der Waals surface area contributed by atoms with Gasteiger partial charge in [-0.05, 0) is 36.6 Å². The van der Waals surface area contributed by atoms with Gasteiger partial charge in [-0.25, -0.2) is 13.4 Å². The number of nitrogens with one attached hydrogen (secondary N) is 1. The van der Waals surface area contributed by atoms with E-state index in [1.165, 1.54) is 38.6 Å². The summed E-state index contributed by atoms with van der Waals surface area (Å²) in [5.74, 6) is 1.18. The molecule has 0 atom stereocenters. The highest BCUT2D eigenvalue weighted by Gasteiger charge is 2.37. The molecule has 1 saturated heterocycles. The first-order valence-electron chi connectivity index (χ1n) is 10.9. The third kappa shape index (κ3) is 4.99. The Kier molecular flexibility index (Phi) is 7.05. The molecule has 4 rings (SSSR count). The zero-order valence-electron chi connectivity index (χ0n) is 19.4. The highest BCUT2D eigenvalue weighted by molar-refractivity contribution is 7.92. The quantitative estimate of drug-likeness (QED) is 0.492. The van der Waals surface area contributed by atoms with Gasteiger partial charge in [0.25, 0.3) is 10.0 Å². The fourth-order valence-electron chi connectivity index (χ4n) is 4.25. The number of pyridine rings is 1. The van der Waals surface area contributed by atoms with Crippen LogP contribution in [0, 0.1) is 11.3 Å². The molecule has 8 nitrogen and oxygen atoms in total. The molecule has 0 bridgehead atoms. The highest BCUT2D eigenvalue weighted by Crippen LogP contribution is 2.38. The third-order valence-corrected chi connectivity index (χ3v) is 7.89. The monoisotopic (exact) mass is 512 g/mol. The first kappa shape index (κ1) is 24.6. The summed E-state index contributed by atoms with van der Waals surface area (Å²) in [6.45, 7) is 1.20. The van der Waals surface area contributed by atoms with Crippen LogP contribution in [0.1, 0.15) is 18.4 Å². The maximum Gasteiger partial charge on any atom is 0.265 e. The minimum Gasteiger partial charge on any atom is -0.497 e. The summed E-state index contributed by atoms with van der Waals surface area (Å²) >= 11 is 6.51. The molecular formula is C25H25ClN4O4S. The molecule has 2 heterocycles. The normalized spacial score (nSPS) is 15.2. The van der Waals surface area contributed by atoms with Gasteiger partial charge >= 0.3 is 0 Å². The lowest BCUT2D eigenvalue weighted by atomic mass is 9.74. The maximum atomic E-state index is 13.0. The number of halogens is 1. The number of piperidine rings is 1. The Balaban J connectivity index is 1.51. The summed E-state index contributed by atoms with van der Waals surface area (Å²) in [6.07, 6.45) is 2.70. The summed E-state index contributed by atoms with van der Waals surface area (Å²) in [6, 6.07) is 18.3. The Morgan fingerprint density at radius 3 is 2.40 bits per heavy atom. The van der Waals surface area contributed by atoms with E-state index in [2.05, 4.69) is 15.8 Å². The number of aromatic nitrogens is 1. The average molecular weight is 513 g/mol. The van der Waals surface area contributed by atoms with Gasteiger partial charge in [0, 0.05) is 19.2 Å². The Labute approximate surface area is 210 Å². The Hall–Kier alpha value is -3.48. The molecule has 1 aromatic heterocycles. The zero-order valence-corrected chi connectivity index (χ0v) is 20.9. The molecule has 1 N–H and O–H groups in total. The molecule has 10 heteroatoms. The number of nitriles is 1. The minimum atomic E-state index is -3.96. The van der Waals surface area contributed by atoms with E-state index in [-0.39, 0.29) is 16.3 Å². The van der Waals surface area contributed by atoms with Crippen LogP contribution in [-0.2, 0) is 15.4 Å². The summed E-state index contributed by atoms with van der Waals surface area (Å²) in [5, 5.41) is 10.2. The number of anilines is 2. The summed E-state index contributed by atoms with van der Waals surface area (Å²) < 4.78 is 38.8. The highest BCUT2D eigenvalue weighted by atomic mass is 35.5. The molecule has 0 aliphatic carbocycles. The molecule has 182 valence electrons. The average Bonchev–Trinajstić information content (AvgIpc) is 2.89. The van der Waals surface area contributed by atoms with Crippen LogP contribution in [0.2, 0.25) is 5.02 Å². The van der Waals surface area contributed by atoms with E-state index in [9.17, 15) is 13.7 Å². The van der Waals surface area contributed by atoms with Crippen LogP contribution >= 0.6 is 11.6 Å². The van der Waals surface area contributed by atoms with E-state index in [0.717, 1.165) is 5.56 Å². The second-order valence-electron chi connectivity index (χ2n) is 8.20. The van der Waals surface area contributed by atoms with Crippen molar-refractivity contribution in [2.75, 3.05) is 36.9 Å². The lowest BCUT2D eigenvalue weighted by molar-refractivity contribution is 0.386. The smallest absolute Gasteiger partial charge is 0.265 e. The fraction of sp³-hybridized carbons (Fsp3) is 0.280. The van der Waals surface area contributed by atoms with E-state index in [4.69, 9.17) is 21.1 Å². The van der Waals surface area contributed by atoms with Gasteiger partial charge in [0.2, 0.25) is 0 Å². The van der Waals surface area contributed by atoms with Gasteiger partial charge < -0.3 is 14.4 Å². The van der Waals surface area contributed by atoms with Crippen LogP contribution in [-0.4, -0.2) is 40.7 Å². The van der Waals surface area contributed by atoms with Gasteiger partial charge in [-0.15, -0.1) is 0 Å². The van der Waals surface area contributed by atoms with Crippen LogP contribution < -0.4 is 19.1 Å². The minimum absolute atomic E-state index is 0.0363. The first-order chi connectivity index (χ1) is 16.8.